The number of unbranched alkanes of at least 4 members (excludes halogenated alkanes) is 3. The van der Waals surface area contributed by atoms with Gasteiger partial charge in [-0.3, -0.25) is 19.2 Å². The molecule has 0 unspecified atom stereocenters. The molecular weight excluding hydrogens is 857 g/mol. The molecule has 16 nitrogen and oxygen atoms in total. The van der Waals surface area contributed by atoms with Crippen molar-refractivity contribution >= 4 is 43.4 Å². The predicted molar refractivity (Wildman–Crippen MR) is 255 cm³/mol. The second-order valence-corrected chi connectivity index (χ2v) is 21.4. The zero-order valence-corrected chi connectivity index (χ0v) is 40.1. The van der Waals surface area contributed by atoms with Crippen LogP contribution in [0.2, 0.25) is 0 Å². The molecular formula is C46H78N8O8S2. The molecule has 64 heavy (non-hydrogen) atoms. The fraction of sp³-hybridized carbons (Fsp3) is 0.652. The van der Waals surface area contributed by atoms with E-state index in [1.807, 2.05) is 32.0 Å². The van der Waals surface area contributed by atoms with Gasteiger partial charge in [0.1, 0.15) is 5.78 Å². The first kappa shape index (κ1) is 56.5. The molecule has 0 aliphatic heterocycles. The highest BCUT2D eigenvalue weighted by molar-refractivity contribution is 7.89. The lowest BCUT2D eigenvalue weighted by molar-refractivity contribution is -0.128. The van der Waals surface area contributed by atoms with Crippen molar-refractivity contribution in [1.82, 2.24) is 19.2 Å². The van der Waals surface area contributed by atoms with Crippen molar-refractivity contribution < 1.29 is 36.0 Å². The molecule has 18 heteroatoms. The molecule has 0 radical (unpaired) electrons. The van der Waals surface area contributed by atoms with Crippen LogP contribution in [0.3, 0.4) is 0 Å². The van der Waals surface area contributed by atoms with Crippen molar-refractivity contribution in [3.63, 3.8) is 0 Å². The zero-order valence-electron chi connectivity index (χ0n) is 38.5. The van der Waals surface area contributed by atoms with Gasteiger partial charge >= 0.3 is 0 Å². The molecule has 10 N–H and O–H groups in total. The van der Waals surface area contributed by atoms with Crippen LogP contribution in [0.4, 0.5) is 0 Å². The van der Waals surface area contributed by atoms with E-state index in [4.69, 9.17) is 22.9 Å². The summed E-state index contributed by atoms with van der Waals surface area (Å²) in [5.41, 5.74) is 24.2. The highest BCUT2D eigenvalue weighted by atomic mass is 32.2. The summed E-state index contributed by atoms with van der Waals surface area (Å²) in [6.07, 6.45) is 6.11. The molecule has 2 aromatic rings. The average Bonchev–Trinajstić information content (AvgIpc) is 3.23. The van der Waals surface area contributed by atoms with E-state index in [2.05, 4.69) is 10.6 Å². The molecule has 0 saturated heterocycles. The van der Waals surface area contributed by atoms with Crippen LogP contribution in [-0.2, 0) is 51.4 Å². The van der Waals surface area contributed by atoms with Gasteiger partial charge in [0.15, 0.2) is 5.78 Å². The van der Waals surface area contributed by atoms with Gasteiger partial charge in [-0.2, -0.15) is 8.61 Å². The Morgan fingerprint density at radius 3 is 1.73 bits per heavy atom. The third kappa shape index (κ3) is 22.5. The molecule has 362 valence electrons. The molecule has 0 aliphatic carbocycles. The van der Waals surface area contributed by atoms with Crippen LogP contribution in [0.25, 0.3) is 0 Å². The minimum absolute atomic E-state index is 0.0828. The maximum Gasteiger partial charge on any atom is 0.235 e. The van der Waals surface area contributed by atoms with Gasteiger partial charge < -0.3 is 33.6 Å². The fourth-order valence-electron chi connectivity index (χ4n) is 7.77. The summed E-state index contributed by atoms with van der Waals surface area (Å²) in [6.45, 7) is 5.25. The Morgan fingerprint density at radius 1 is 0.641 bits per heavy atom. The molecule has 0 spiro atoms. The van der Waals surface area contributed by atoms with Gasteiger partial charge in [-0.25, -0.2) is 16.8 Å². The van der Waals surface area contributed by atoms with Gasteiger partial charge in [0.05, 0.1) is 30.6 Å². The Kier molecular flexibility index (Phi) is 27.0. The quantitative estimate of drug-likeness (QED) is 0.0539. The van der Waals surface area contributed by atoms with Crippen molar-refractivity contribution in [2.45, 2.75) is 116 Å². The van der Waals surface area contributed by atoms with E-state index in [9.17, 15) is 36.0 Å². The zero-order chi connectivity index (χ0) is 47.5. The molecule has 0 heterocycles. The largest absolute Gasteiger partial charge is 0.352 e. The highest BCUT2D eigenvalue weighted by Crippen LogP contribution is 2.22. The van der Waals surface area contributed by atoms with Crippen molar-refractivity contribution in [1.29, 1.82) is 0 Å². The summed E-state index contributed by atoms with van der Waals surface area (Å²) < 4.78 is 57.4. The van der Waals surface area contributed by atoms with Gasteiger partial charge in [0, 0.05) is 38.0 Å². The van der Waals surface area contributed by atoms with Gasteiger partial charge in [-0.05, 0) is 101 Å². The Morgan fingerprint density at radius 2 is 1.19 bits per heavy atom. The molecule has 0 aromatic heterocycles. The number of rotatable bonds is 36. The summed E-state index contributed by atoms with van der Waals surface area (Å²) >= 11 is 0. The van der Waals surface area contributed by atoms with E-state index in [0.29, 0.717) is 76.6 Å². The van der Waals surface area contributed by atoms with E-state index in [0.717, 1.165) is 27.0 Å². The van der Waals surface area contributed by atoms with Crippen LogP contribution in [0, 0.1) is 17.8 Å². The molecule has 2 amide bonds. The number of Topliss-reactive ketones (excluding diaryl/α,β-unsaturated/α-hetero) is 2. The number of ketones is 2. The van der Waals surface area contributed by atoms with E-state index in [1.165, 1.54) is 6.92 Å². The lowest BCUT2D eigenvalue weighted by Crippen LogP contribution is -2.52. The second-order valence-electron chi connectivity index (χ2n) is 17.4. The number of sulfonamides is 2. The van der Waals surface area contributed by atoms with Crippen LogP contribution in [-0.4, -0.2) is 119 Å². The summed E-state index contributed by atoms with van der Waals surface area (Å²) in [4.78, 5) is 54.8. The highest BCUT2D eigenvalue weighted by Gasteiger charge is 2.33. The Labute approximate surface area is 383 Å². The third-order valence-corrected chi connectivity index (χ3v) is 14.6. The molecule has 2 aromatic carbocycles. The smallest absolute Gasteiger partial charge is 0.235 e. The number of nitrogens with two attached hydrogens (primary N) is 4. The molecule has 0 aliphatic rings. The lowest BCUT2D eigenvalue weighted by Gasteiger charge is -2.30. The first-order chi connectivity index (χ1) is 30.4. The summed E-state index contributed by atoms with van der Waals surface area (Å²) in [5, 5.41) is 5.99. The van der Waals surface area contributed by atoms with Gasteiger partial charge in [-0.1, -0.05) is 93.8 Å². The normalized spacial score (nSPS) is 14.0. The van der Waals surface area contributed by atoms with Crippen molar-refractivity contribution in [2.75, 3.05) is 58.1 Å². The first-order valence-electron chi connectivity index (χ1n) is 22.9. The Balaban J connectivity index is 2.54. The average molecular weight is 935 g/mol. The molecule has 0 saturated carbocycles. The molecule has 2 rings (SSSR count). The maximum absolute atomic E-state index is 14.4. The topological polar surface area (TPSA) is 271 Å². The van der Waals surface area contributed by atoms with Crippen LogP contribution in [0.15, 0.2) is 60.7 Å². The second kappa shape index (κ2) is 30.6. The molecule has 4 atom stereocenters. The number of hydrogen-bond acceptors (Lipinski definition) is 12. The summed E-state index contributed by atoms with van der Waals surface area (Å²) in [7, 11) is -8.12. The first-order valence-corrected chi connectivity index (χ1v) is 26.1. The van der Waals surface area contributed by atoms with Gasteiger partial charge in [0.2, 0.25) is 31.9 Å². The van der Waals surface area contributed by atoms with Gasteiger partial charge in [-0.15, -0.1) is 0 Å². The number of carbonyl (C=O) groups is 4. The van der Waals surface area contributed by atoms with Gasteiger partial charge in [0.25, 0.3) is 0 Å². The number of hydrogen-bond donors (Lipinski definition) is 6. The van der Waals surface area contributed by atoms with E-state index < -0.39 is 56.3 Å². The number of benzene rings is 2. The van der Waals surface area contributed by atoms with E-state index in [1.54, 1.807) is 42.5 Å². The minimum atomic E-state index is -4.19. The van der Waals surface area contributed by atoms with Crippen LogP contribution < -0.4 is 33.6 Å². The van der Waals surface area contributed by atoms with Crippen LogP contribution in [0.5, 0.6) is 0 Å². The molecule has 0 bridgehead atoms. The van der Waals surface area contributed by atoms with E-state index in [-0.39, 0.29) is 74.1 Å². The maximum atomic E-state index is 14.4. The van der Waals surface area contributed by atoms with Crippen LogP contribution in [0.1, 0.15) is 103 Å². The minimum Gasteiger partial charge on any atom is -0.352 e. The number of carbonyl (C=O) groups excluding carboxylic acids is 4. The summed E-state index contributed by atoms with van der Waals surface area (Å²) in [5.74, 6) is -3.02. The van der Waals surface area contributed by atoms with Crippen molar-refractivity contribution in [3.8, 4) is 0 Å². The van der Waals surface area contributed by atoms with Crippen LogP contribution >= 0.6 is 0 Å². The lowest BCUT2D eigenvalue weighted by atomic mass is 9.91. The number of amides is 2. The summed E-state index contributed by atoms with van der Waals surface area (Å²) in [6, 6.07) is 15.9. The SMILES string of the molecule is CC(=O)CN(C[C@H](CCCCN)CC(=O)[C@H](Cc1ccccc1)NC(=O)CN(C[C@H](CCCCN)NC(=O)[C@H](CCCCN)CC(C)C)S(=O)(=O)Cc1ccccc1)S(=O)(=O)CCN. The predicted octanol–water partition coefficient (Wildman–Crippen LogP) is 2.83. The van der Waals surface area contributed by atoms with E-state index >= 15 is 0 Å². The Hall–Kier alpha value is -3.62. The third-order valence-electron chi connectivity index (χ3n) is 11.0. The van der Waals surface area contributed by atoms with Crippen molar-refractivity contribution in [2.24, 2.45) is 40.7 Å². The number of nitrogens with zero attached hydrogens (tertiary/aromatic N) is 2. The standard InChI is InChI=1S/C46H78N8O8S2/c1-36(2)28-41(21-11-14-24-48)46(58)51-42(22-12-15-25-49)33-54(64(61,62)35-39-18-8-5-9-19-39)34-45(57)52-43(29-38-16-6-4-7-17-38)44(56)30-40(20-10-13-23-47)32-53(31-37(3)55)63(59,60)27-26-50/h4-9,16-19,36,40-43H,10-15,20-35,47-50H2,1-3H3,(H,51,58)(H,52,57)/t40-,41-,42+,43+/m1/s1. The molecule has 0 fully saturated rings. The monoisotopic (exact) mass is 935 g/mol. The van der Waals surface area contributed by atoms with Crippen molar-refractivity contribution in [3.05, 3.63) is 71.8 Å². The number of nitrogens with one attached hydrogen (secondary N) is 2. The Bertz CT molecular complexity index is 1890. The fourth-order valence-corrected chi connectivity index (χ4v) is 10.7.